The van der Waals surface area contributed by atoms with E-state index in [0.29, 0.717) is 6.42 Å². The van der Waals surface area contributed by atoms with E-state index in [-0.39, 0.29) is 31.5 Å². The molecule has 1 heterocycles. The first-order valence-corrected chi connectivity index (χ1v) is 4.69. The Morgan fingerprint density at radius 2 is 2.36 bits per heavy atom. The quantitative estimate of drug-likeness (QED) is 0.654. The first-order valence-electron chi connectivity index (χ1n) is 4.69. The second-order valence-corrected chi connectivity index (χ2v) is 3.65. The summed E-state index contributed by atoms with van der Waals surface area (Å²) >= 11 is 0. The highest BCUT2D eigenvalue weighted by Gasteiger charge is 2.36. The molecule has 0 aliphatic carbocycles. The standard InChI is InChI=1S/C9H15NO4/c1-6(2-3-11)10-5-7(9(13)14)4-8(10)12/h6-7,11H,2-5H2,1H3,(H,13,14). The van der Waals surface area contributed by atoms with Gasteiger partial charge in [0.15, 0.2) is 0 Å². The van der Waals surface area contributed by atoms with Crippen molar-refractivity contribution >= 4 is 11.9 Å². The second kappa shape index (κ2) is 4.41. The Bertz CT molecular complexity index is 241. The van der Waals surface area contributed by atoms with Gasteiger partial charge in [0.1, 0.15) is 0 Å². The molecule has 14 heavy (non-hydrogen) atoms. The molecule has 0 bridgehead atoms. The molecular formula is C9H15NO4. The molecule has 1 amide bonds. The number of carbonyl (C=O) groups is 2. The molecule has 1 fully saturated rings. The van der Waals surface area contributed by atoms with Crippen molar-refractivity contribution in [2.45, 2.75) is 25.8 Å². The molecule has 0 saturated carbocycles. The summed E-state index contributed by atoms with van der Waals surface area (Å²) in [4.78, 5) is 23.6. The van der Waals surface area contributed by atoms with Gasteiger partial charge in [0.05, 0.1) is 5.92 Å². The van der Waals surface area contributed by atoms with Crippen LogP contribution in [0.25, 0.3) is 0 Å². The van der Waals surface area contributed by atoms with E-state index >= 15 is 0 Å². The molecular weight excluding hydrogens is 186 g/mol. The highest BCUT2D eigenvalue weighted by molar-refractivity contribution is 5.86. The van der Waals surface area contributed by atoms with Crippen molar-refractivity contribution in [3.8, 4) is 0 Å². The van der Waals surface area contributed by atoms with Crippen molar-refractivity contribution < 1.29 is 19.8 Å². The minimum Gasteiger partial charge on any atom is -0.481 e. The predicted molar refractivity (Wildman–Crippen MR) is 48.6 cm³/mol. The van der Waals surface area contributed by atoms with Gasteiger partial charge in [-0.3, -0.25) is 9.59 Å². The molecule has 0 aromatic heterocycles. The van der Waals surface area contributed by atoms with E-state index in [2.05, 4.69) is 0 Å². The molecule has 0 aromatic rings. The first kappa shape index (κ1) is 11.0. The van der Waals surface area contributed by atoms with Gasteiger partial charge >= 0.3 is 5.97 Å². The van der Waals surface area contributed by atoms with Crippen LogP contribution < -0.4 is 0 Å². The minimum atomic E-state index is -0.919. The smallest absolute Gasteiger partial charge is 0.308 e. The lowest BCUT2D eigenvalue weighted by atomic mass is 10.1. The summed E-state index contributed by atoms with van der Waals surface area (Å²) in [7, 11) is 0. The van der Waals surface area contributed by atoms with E-state index in [4.69, 9.17) is 10.2 Å². The van der Waals surface area contributed by atoms with Gasteiger partial charge in [-0.15, -0.1) is 0 Å². The topological polar surface area (TPSA) is 77.8 Å². The minimum absolute atomic E-state index is 0.0166. The maximum Gasteiger partial charge on any atom is 0.308 e. The molecule has 0 radical (unpaired) electrons. The number of amides is 1. The Hall–Kier alpha value is -1.10. The van der Waals surface area contributed by atoms with E-state index in [1.54, 1.807) is 0 Å². The molecule has 5 nitrogen and oxygen atoms in total. The number of carbonyl (C=O) groups excluding carboxylic acids is 1. The highest BCUT2D eigenvalue weighted by Crippen LogP contribution is 2.21. The molecule has 1 rings (SSSR count). The van der Waals surface area contributed by atoms with Crippen LogP contribution in [0.3, 0.4) is 0 Å². The Kier molecular flexibility index (Phi) is 3.46. The first-order chi connectivity index (χ1) is 6.56. The van der Waals surface area contributed by atoms with Gasteiger partial charge in [-0.2, -0.15) is 0 Å². The average Bonchev–Trinajstić information content (AvgIpc) is 2.48. The van der Waals surface area contributed by atoms with Gasteiger partial charge in [0, 0.05) is 25.6 Å². The number of nitrogens with zero attached hydrogens (tertiary/aromatic N) is 1. The number of rotatable bonds is 4. The van der Waals surface area contributed by atoms with Crippen molar-refractivity contribution in [1.29, 1.82) is 0 Å². The van der Waals surface area contributed by atoms with E-state index in [1.165, 1.54) is 4.90 Å². The van der Waals surface area contributed by atoms with Crippen LogP contribution >= 0.6 is 0 Å². The molecule has 1 aliphatic heterocycles. The zero-order valence-corrected chi connectivity index (χ0v) is 8.14. The van der Waals surface area contributed by atoms with Gasteiger partial charge in [-0.25, -0.2) is 0 Å². The Morgan fingerprint density at radius 1 is 1.71 bits per heavy atom. The largest absolute Gasteiger partial charge is 0.481 e. The van der Waals surface area contributed by atoms with Gasteiger partial charge in [0.2, 0.25) is 5.91 Å². The summed E-state index contributed by atoms with van der Waals surface area (Å²) in [6, 6.07) is -0.0724. The fourth-order valence-corrected chi connectivity index (χ4v) is 1.67. The summed E-state index contributed by atoms with van der Waals surface area (Å²) in [5.41, 5.74) is 0. The molecule has 0 spiro atoms. The van der Waals surface area contributed by atoms with Crippen LogP contribution in [0.5, 0.6) is 0 Å². The van der Waals surface area contributed by atoms with Gasteiger partial charge < -0.3 is 15.1 Å². The molecule has 2 N–H and O–H groups in total. The number of carboxylic acid groups (broad SMARTS) is 1. The zero-order valence-electron chi connectivity index (χ0n) is 8.14. The summed E-state index contributed by atoms with van der Waals surface area (Å²) in [5, 5.41) is 17.4. The third-order valence-electron chi connectivity index (χ3n) is 2.59. The Labute approximate surface area is 82.3 Å². The molecule has 2 unspecified atom stereocenters. The van der Waals surface area contributed by atoms with Crippen LogP contribution in [-0.4, -0.2) is 46.2 Å². The Balaban J connectivity index is 2.56. The van der Waals surface area contributed by atoms with Crippen molar-refractivity contribution in [1.82, 2.24) is 4.90 Å². The van der Waals surface area contributed by atoms with Gasteiger partial charge in [-0.05, 0) is 13.3 Å². The number of aliphatic carboxylic acids is 1. The fourth-order valence-electron chi connectivity index (χ4n) is 1.67. The number of carboxylic acids is 1. The Morgan fingerprint density at radius 3 is 2.79 bits per heavy atom. The normalized spacial score (nSPS) is 24.0. The molecule has 5 heteroatoms. The third-order valence-corrected chi connectivity index (χ3v) is 2.59. The van der Waals surface area contributed by atoms with Crippen LogP contribution in [0.15, 0.2) is 0 Å². The van der Waals surface area contributed by atoms with Gasteiger partial charge in [-0.1, -0.05) is 0 Å². The van der Waals surface area contributed by atoms with E-state index in [0.717, 1.165) is 0 Å². The number of aliphatic hydroxyl groups excluding tert-OH is 1. The zero-order chi connectivity index (χ0) is 10.7. The lowest BCUT2D eigenvalue weighted by Crippen LogP contribution is -2.35. The van der Waals surface area contributed by atoms with Crippen LogP contribution in [-0.2, 0) is 9.59 Å². The van der Waals surface area contributed by atoms with Crippen LogP contribution in [0.4, 0.5) is 0 Å². The number of aliphatic hydroxyl groups is 1. The summed E-state index contributed by atoms with van der Waals surface area (Å²) < 4.78 is 0. The van der Waals surface area contributed by atoms with E-state index in [1.807, 2.05) is 6.92 Å². The molecule has 1 saturated heterocycles. The molecule has 80 valence electrons. The number of hydrogen-bond donors (Lipinski definition) is 2. The molecule has 1 aliphatic rings. The lowest BCUT2D eigenvalue weighted by molar-refractivity contribution is -0.141. The number of hydrogen-bond acceptors (Lipinski definition) is 3. The van der Waals surface area contributed by atoms with Crippen LogP contribution in [0.2, 0.25) is 0 Å². The second-order valence-electron chi connectivity index (χ2n) is 3.65. The fraction of sp³-hybridized carbons (Fsp3) is 0.778. The summed E-state index contributed by atoms with van der Waals surface area (Å²) in [6.07, 6.45) is 0.586. The molecule has 0 aromatic carbocycles. The van der Waals surface area contributed by atoms with E-state index in [9.17, 15) is 9.59 Å². The average molecular weight is 201 g/mol. The highest BCUT2D eigenvalue weighted by atomic mass is 16.4. The lowest BCUT2D eigenvalue weighted by Gasteiger charge is -2.23. The van der Waals surface area contributed by atoms with Crippen LogP contribution in [0.1, 0.15) is 19.8 Å². The third kappa shape index (κ3) is 2.23. The summed E-state index contributed by atoms with van der Waals surface area (Å²) in [6.45, 7) is 2.11. The monoisotopic (exact) mass is 201 g/mol. The predicted octanol–water partition coefficient (Wildman–Crippen LogP) is -0.310. The van der Waals surface area contributed by atoms with Crippen molar-refractivity contribution in [3.05, 3.63) is 0 Å². The SMILES string of the molecule is CC(CCO)N1CC(C(=O)O)CC1=O. The maximum atomic E-state index is 11.4. The van der Waals surface area contributed by atoms with Crippen molar-refractivity contribution in [2.75, 3.05) is 13.2 Å². The van der Waals surface area contributed by atoms with Crippen molar-refractivity contribution in [3.63, 3.8) is 0 Å². The van der Waals surface area contributed by atoms with Crippen molar-refractivity contribution in [2.24, 2.45) is 5.92 Å². The van der Waals surface area contributed by atoms with Gasteiger partial charge in [0.25, 0.3) is 0 Å². The summed E-state index contributed by atoms with van der Waals surface area (Å²) in [5.74, 6) is -1.63. The number of likely N-dealkylation sites (tertiary alicyclic amines) is 1. The molecule has 2 atom stereocenters. The van der Waals surface area contributed by atoms with Crippen LogP contribution in [0, 0.1) is 5.92 Å². The van der Waals surface area contributed by atoms with E-state index < -0.39 is 11.9 Å². The maximum absolute atomic E-state index is 11.4.